The van der Waals surface area contributed by atoms with Gasteiger partial charge in [0.2, 0.25) is 0 Å². The first-order valence-corrected chi connectivity index (χ1v) is 6.33. The molecule has 0 aromatic carbocycles. The third kappa shape index (κ3) is 1.25. The second-order valence-corrected chi connectivity index (χ2v) is 5.46. The SMILES string of the molecule is COc1ncc2[nH]c3c(c2n1)CC1(CC1)N(C)C3. The zero-order valence-electron chi connectivity index (χ0n) is 10.7. The highest BCUT2D eigenvalue weighted by Gasteiger charge is 2.49. The van der Waals surface area contributed by atoms with Gasteiger partial charge in [0.1, 0.15) is 0 Å². The summed E-state index contributed by atoms with van der Waals surface area (Å²) in [6, 6.07) is 0.452. The first-order chi connectivity index (χ1) is 8.72. The van der Waals surface area contributed by atoms with E-state index in [9.17, 15) is 0 Å². The van der Waals surface area contributed by atoms with Crippen molar-refractivity contribution in [2.75, 3.05) is 14.2 Å². The minimum Gasteiger partial charge on any atom is -0.467 e. The van der Waals surface area contributed by atoms with Crippen LogP contribution < -0.4 is 4.74 Å². The summed E-state index contributed by atoms with van der Waals surface area (Å²) in [4.78, 5) is 14.6. The fraction of sp³-hybridized carbons (Fsp3) is 0.538. The van der Waals surface area contributed by atoms with Gasteiger partial charge in [-0.1, -0.05) is 0 Å². The second kappa shape index (κ2) is 3.23. The van der Waals surface area contributed by atoms with Crippen molar-refractivity contribution >= 4 is 11.0 Å². The number of aromatic nitrogens is 3. The van der Waals surface area contributed by atoms with Gasteiger partial charge in [-0.3, -0.25) is 4.90 Å². The topological polar surface area (TPSA) is 54.0 Å². The molecule has 1 aliphatic carbocycles. The molecule has 0 radical (unpaired) electrons. The van der Waals surface area contributed by atoms with E-state index >= 15 is 0 Å². The third-order valence-electron chi connectivity index (χ3n) is 4.42. The molecule has 5 nitrogen and oxygen atoms in total. The Labute approximate surface area is 105 Å². The smallest absolute Gasteiger partial charge is 0.316 e. The number of ether oxygens (including phenoxy) is 1. The first kappa shape index (κ1) is 10.3. The predicted molar refractivity (Wildman–Crippen MR) is 67.6 cm³/mol. The van der Waals surface area contributed by atoms with E-state index in [0.29, 0.717) is 11.5 Å². The van der Waals surface area contributed by atoms with Crippen LogP contribution in [0, 0.1) is 0 Å². The number of rotatable bonds is 1. The molecule has 0 amide bonds. The second-order valence-electron chi connectivity index (χ2n) is 5.46. The number of hydrogen-bond donors (Lipinski definition) is 1. The van der Waals surface area contributed by atoms with E-state index in [0.717, 1.165) is 24.0 Å². The Morgan fingerprint density at radius 1 is 1.44 bits per heavy atom. The maximum Gasteiger partial charge on any atom is 0.316 e. The van der Waals surface area contributed by atoms with Gasteiger partial charge >= 0.3 is 6.01 Å². The van der Waals surface area contributed by atoms with Crippen molar-refractivity contribution in [1.82, 2.24) is 19.9 Å². The van der Waals surface area contributed by atoms with Crippen LogP contribution >= 0.6 is 0 Å². The molecule has 1 spiro atoms. The van der Waals surface area contributed by atoms with Crippen LogP contribution in [0.3, 0.4) is 0 Å². The zero-order chi connectivity index (χ0) is 12.3. The molecule has 2 aromatic rings. The lowest BCUT2D eigenvalue weighted by atomic mass is 9.97. The Morgan fingerprint density at radius 3 is 3.00 bits per heavy atom. The van der Waals surface area contributed by atoms with Gasteiger partial charge in [0, 0.05) is 23.3 Å². The molecular formula is C13H16N4O. The zero-order valence-corrected chi connectivity index (χ0v) is 10.7. The van der Waals surface area contributed by atoms with E-state index in [4.69, 9.17) is 4.74 Å². The summed E-state index contributed by atoms with van der Waals surface area (Å²) in [5, 5.41) is 0. The fourth-order valence-corrected chi connectivity index (χ4v) is 3.06. The van der Waals surface area contributed by atoms with E-state index in [2.05, 4.69) is 26.9 Å². The van der Waals surface area contributed by atoms with E-state index in [1.165, 1.54) is 24.1 Å². The minimum atomic E-state index is 0.403. The van der Waals surface area contributed by atoms with Crippen LogP contribution in [0.2, 0.25) is 0 Å². The monoisotopic (exact) mass is 244 g/mol. The molecule has 1 saturated carbocycles. The number of H-pyrrole nitrogens is 1. The number of methoxy groups -OCH3 is 1. The number of likely N-dealkylation sites (N-methyl/N-ethyl adjacent to an activating group) is 1. The Bertz CT molecular complexity index is 629. The van der Waals surface area contributed by atoms with Crippen LogP contribution in [0.4, 0.5) is 0 Å². The Balaban J connectivity index is 1.90. The molecule has 0 unspecified atom stereocenters. The summed E-state index contributed by atoms with van der Waals surface area (Å²) in [5.74, 6) is 0. The summed E-state index contributed by atoms with van der Waals surface area (Å²) in [6.07, 6.45) is 5.52. The first-order valence-electron chi connectivity index (χ1n) is 6.33. The lowest BCUT2D eigenvalue weighted by Gasteiger charge is -2.32. The van der Waals surface area contributed by atoms with E-state index in [1.807, 2.05) is 6.20 Å². The van der Waals surface area contributed by atoms with Crippen LogP contribution in [0.5, 0.6) is 6.01 Å². The molecule has 18 heavy (non-hydrogen) atoms. The molecule has 1 N–H and O–H groups in total. The van der Waals surface area contributed by atoms with E-state index < -0.39 is 0 Å². The van der Waals surface area contributed by atoms with E-state index in [-0.39, 0.29) is 0 Å². The molecule has 1 fully saturated rings. The van der Waals surface area contributed by atoms with Gasteiger partial charge in [-0.25, -0.2) is 4.98 Å². The lowest BCUT2D eigenvalue weighted by Crippen LogP contribution is -2.39. The number of nitrogens with zero attached hydrogens (tertiary/aromatic N) is 3. The van der Waals surface area contributed by atoms with Crippen LogP contribution in [-0.2, 0) is 13.0 Å². The molecule has 2 aromatic heterocycles. The number of fused-ring (bicyclic) bond motifs is 3. The van der Waals surface area contributed by atoms with Crippen molar-refractivity contribution < 1.29 is 4.74 Å². The van der Waals surface area contributed by atoms with Gasteiger partial charge in [-0.15, -0.1) is 0 Å². The van der Waals surface area contributed by atoms with Gasteiger partial charge in [-0.2, -0.15) is 4.98 Å². The quantitative estimate of drug-likeness (QED) is 0.825. The maximum absolute atomic E-state index is 5.12. The fourth-order valence-electron chi connectivity index (χ4n) is 3.06. The van der Waals surface area contributed by atoms with Crippen LogP contribution in [0.15, 0.2) is 6.20 Å². The van der Waals surface area contributed by atoms with Crippen molar-refractivity contribution in [3.8, 4) is 6.01 Å². The van der Waals surface area contributed by atoms with Gasteiger partial charge in [0.15, 0.2) is 0 Å². The number of nitrogens with one attached hydrogen (secondary N) is 1. The largest absolute Gasteiger partial charge is 0.467 e. The highest BCUT2D eigenvalue weighted by atomic mass is 16.5. The molecule has 2 aliphatic rings. The third-order valence-corrected chi connectivity index (χ3v) is 4.42. The average Bonchev–Trinajstić information content (AvgIpc) is 3.07. The molecule has 0 saturated heterocycles. The summed E-state index contributed by atoms with van der Waals surface area (Å²) in [6.45, 7) is 0.980. The normalized spacial score (nSPS) is 21.2. The molecule has 1 aliphatic heterocycles. The molecule has 94 valence electrons. The minimum absolute atomic E-state index is 0.403. The van der Waals surface area contributed by atoms with Crippen LogP contribution in [-0.4, -0.2) is 39.5 Å². The Kier molecular flexibility index (Phi) is 1.85. The average molecular weight is 244 g/mol. The van der Waals surface area contributed by atoms with Crippen molar-refractivity contribution in [3.05, 3.63) is 17.5 Å². The van der Waals surface area contributed by atoms with Crippen LogP contribution in [0.25, 0.3) is 11.0 Å². The highest BCUT2D eigenvalue weighted by molar-refractivity contribution is 5.80. The summed E-state index contributed by atoms with van der Waals surface area (Å²) >= 11 is 0. The Hall–Kier alpha value is -1.62. The summed E-state index contributed by atoms with van der Waals surface area (Å²) in [7, 11) is 3.82. The van der Waals surface area contributed by atoms with Gasteiger partial charge < -0.3 is 9.72 Å². The molecule has 0 bridgehead atoms. The maximum atomic E-state index is 5.12. The van der Waals surface area contributed by atoms with Gasteiger partial charge in [0.25, 0.3) is 0 Å². The molecule has 4 rings (SSSR count). The lowest BCUT2D eigenvalue weighted by molar-refractivity contribution is 0.193. The summed E-state index contributed by atoms with van der Waals surface area (Å²) < 4.78 is 5.12. The van der Waals surface area contributed by atoms with Crippen molar-refractivity contribution in [1.29, 1.82) is 0 Å². The molecular weight excluding hydrogens is 228 g/mol. The predicted octanol–water partition coefficient (Wildman–Crippen LogP) is 1.49. The van der Waals surface area contributed by atoms with Crippen LogP contribution in [0.1, 0.15) is 24.1 Å². The van der Waals surface area contributed by atoms with Gasteiger partial charge in [0.05, 0.1) is 24.3 Å². The van der Waals surface area contributed by atoms with Crippen molar-refractivity contribution in [2.45, 2.75) is 31.3 Å². The number of aromatic amines is 1. The Morgan fingerprint density at radius 2 is 2.28 bits per heavy atom. The highest BCUT2D eigenvalue weighted by Crippen LogP contribution is 2.48. The standard InChI is InChI=1S/C13H16N4O/c1-17-7-10-8(5-13(17)3-4-13)11-9(15-10)6-14-12(16-11)18-2/h6,15H,3-5,7H2,1-2H3. The van der Waals surface area contributed by atoms with Crippen molar-refractivity contribution in [2.24, 2.45) is 0 Å². The molecule has 5 heteroatoms. The number of hydrogen-bond acceptors (Lipinski definition) is 4. The molecule has 0 atom stereocenters. The molecule has 3 heterocycles. The van der Waals surface area contributed by atoms with E-state index in [1.54, 1.807) is 7.11 Å². The van der Waals surface area contributed by atoms with Gasteiger partial charge in [-0.05, 0) is 26.3 Å². The van der Waals surface area contributed by atoms with Crippen molar-refractivity contribution in [3.63, 3.8) is 0 Å². The summed E-state index contributed by atoms with van der Waals surface area (Å²) in [5.41, 5.74) is 5.11.